The molecule has 1 aliphatic rings. The fraction of sp³-hybridized carbons (Fsp3) is 0.615. The van der Waals surface area contributed by atoms with Crippen LogP contribution in [-0.2, 0) is 18.3 Å². The third-order valence-electron chi connectivity index (χ3n) is 3.95. The van der Waals surface area contributed by atoms with E-state index < -0.39 is 20.2 Å². The predicted octanol–water partition coefficient (Wildman–Crippen LogP) is 1.63. The Kier molecular flexibility index (Phi) is 4.84. The quantitative estimate of drug-likeness (QED) is 0.739. The number of imidazole rings is 1. The molecule has 1 unspecified atom stereocenters. The Morgan fingerprint density at radius 1 is 1.50 bits per heavy atom. The first-order chi connectivity index (χ1) is 11.4. The molecule has 1 aliphatic heterocycles. The fourth-order valence-electron chi connectivity index (χ4n) is 2.82. The second kappa shape index (κ2) is 6.73. The van der Waals surface area contributed by atoms with Gasteiger partial charge >= 0.3 is 7.82 Å². The van der Waals surface area contributed by atoms with Gasteiger partial charge in [0.1, 0.15) is 18.1 Å². The first-order valence-electron chi connectivity index (χ1n) is 7.60. The Bertz CT molecular complexity index is 768. The van der Waals surface area contributed by atoms with Gasteiger partial charge in [-0.05, 0) is 6.42 Å². The summed E-state index contributed by atoms with van der Waals surface area (Å²) in [7, 11) is -2.96. The summed E-state index contributed by atoms with van der Waals surface area (Å²) in [5.41, 5.74) is 6.82. The van der Waals surface area contributed by atoms with Crippen molar-refractivity contribution in [1.29, 1.82) is 0 Å². The van der Waals surface area contributed by atoms with Gasteiger partial charge < -0.3 is 15.4 Å². The molecule has 3 heterocycles. The number of phosphoric acid groups is 1. The van der Waals surface area contributed by atoms with E-state index in [9.17, 15) is 9.46 Å². The molecule has 0 saturated carbocycles. The summed E-state index contributed by atoms with van der Waals surface area (Å²) >= 11 is 0. The molecule has 3 N–H and O–H groups in total. The maximum Gasteiger partial charge on any atom is 0.472 e. The van der Waals surface area contributed by atoms with Gasteiger partial charge in [-0.2, -0.15) is 0 Å². The molecule has 0 aromatic carbocycles. The number of nitrogens with two attached hydrogens (primary N) is 1. The summed E-state index contributed by atoms with van der Waals surface area (Å²) in [6.07, 6.45) is 3.51. The maximum absolute atomic E-state index is 11.7. The van der Waals surface area contributed by atoms with Crippen molar-refractivity contribution in [3.8, 4) is 0 Å². The van der Waals surface area contributed by atoms with Crippen LogP contribution < -0.4 is 5.73 Å². The summed E-state index contributed by atoms with van der Waals surface area (Å²) in [6, 6.07) is 0. The molecule has 3 rings (SSSR count). The Balaban J connectivity index is 1.86. The highest BCUT2D eigenvalue weighted by Crippen LogP contribution is 2.48. The maximum atomic E-state index is 11.7. The Labute approximate surface area is 138 Å². The van der Waals surface area contributed by atoms with Gasteiger partial charge in [0.15, 0.2) is 11.5 Å². The Morgan fingerprint density at radius 2 is 2.29 bits per heavy atom. The van der Waals surface area contributed by atoms with Gasteiger partial charge in [-0.15, -0.1) is 0 Å². The Morgan fingerprint density at radius 3 is 3.00 bits per heavy atom. The Hall–Kier alpha value is -1.58. The summed E-state index contributed by atoms with van der Waals surface area (Å²) in [5.74, 6) is 0.286. The zero-order valence-corrected chi connectivity index (χ0v) is 14.3. The number of aromatic nitrogens is 4. The summed E-state index contributed by atoms with van der Waals surface area (Å²) in [5, 5.41) is 0. The molecule has 0 spiro atoms. The minimum absolute atomic E-state index is 0.286. The molecular weight excluding hydrogens is 337 g/mol. The van der Waals surface area contributed by atoms with Crippen molar-refractivity contribution in [2.24, 2.45) is 0 Å². The first kappa shape index (κ1) is 17.2. The van der Waals surface area contributed by atoms with Gasteiger partial charge in [-0.3, -0.25) is 13.6 Å². The van der Waals surface area contributed by atoms with Crippen molar-refractivity contribution in [3.05, 3.63) is 12.7 Å². The standard InChI is InChI=1S/C13H20N5O5P/c1-3-4-8-9(23-24(19,20)21-2)5-10(22-8)18-7-17-11-12(14)15-6-16-13(11)18/h6-10H,3-5H2,1-2H3,(H,19,20)(H2,14,15,16)/t8-,9-,10-/m1/s1. The molecule has 2 aromatic rings. The lowest BCUT2D eigenvalue weighted by molar-refractivity contribution is -0.0216. The third-order valence-corrected chi connectivity index (χ3v) is 4.95. The van der Waals surface area contributed by atoms with Crippen LogP contribution in [0.2, 0.25) is 0 Å². The van der Waals surface area contributed by atoms with Crippen molar-refractivity contribution in [2.45, 2.75) is 44.6 Å². The van der Waals surface area contributed by atoms with E-state index >= 15 is 0 Å². The minimum Gasteiger partial charge on any atom is -0.382 e. The van der Waals surface area contributed by atoms with Crippen molar-refractivity contribution in [1.82, 2.24) is 19.5 Å². The van der Waals surface area contributed by atoms with E-state index in [1.54, 1.807) is 10.9 Å². The van der Waals surface area contributed by atoms with Crippen LogP contribution in [-0.4, -0.2) is 43.7 Å². The molecule has 2 aromatic heterocycles. The molecule has 0 amide bonds. The zero-order chi connectivity index (χ0) is 17.3. The van der Waals surface area contributed by atoms with Crippen LogP contribution >= 0.6 is 7.82 Å². The monoisotopic (exact) mass is 357 g/mol. The van der Waals surface area contributed by atoms with E-state index in [1.165, 1.54) is 6.33 Å². The highest BCUT2D eigenvalue weighted by Gasteiger charge is 2.41. The molecular formula is C13H20N5O5P. The van der Waals surface area contributed by atoms with E-state index in [-0.39, 0.29) is 11.9 Å². The lowest BCUT2D eigenvalue weighted by Gasteiger charge is -2.19. The third kappa shape index (κ3) is 3.28. The average Bonchev–Trinajstić information content (AvgIpc) is 3.13. The average molecular weight is 357 g/mol. The number of anilines is 1. The zero-order valence-electron chi connectivity index (χ0n) is 13.4. The molecule has 0 radical (unpaired) electrons. The van der Waals surface area contributed by atoms with E-state index in [0.717, 1.165) is 13.5 Å². The molecule has 1 saturated heterocycles. The van der Waals surface area contributed by atoms with E-state index in [4.69, 9.17) is 15.0 Å². The van der Waals surface area contributed by atoms with Crippen molar-refractivity contribution < 1.29 is 23.2 Å². The second-order valence-corrected chi connectivity index (χ2v) is 7.04. The molecule has 4 atom stereocenters. The van der Waals surface area contributed by atoms with Gasteiger partial charge in [-0.1, -0.05) is 13.3 Å². The van der Waals surface area contributed by atoms with Gasteiger partial charge in [0.05, 0.1) is 18.5 Å². The highest BCUT2D eigenvalue weighted by atomic mass is 31.2. The minimum atomic E-state index is -4.09. The van der Waals surface area contributed by atoms with Crippen LogP contribution in [0.15, 0.2) is 12.7 Å². The fourth-order valence-corrected chi connectivity index (χ4v) is 3.47. The number of hydrogen-bond donors (Lipinski definition) is 2. The SMILES string of the molecule is CCC[C@H]1O[C@@H](n2cnc3c(N)ncnc32)C[C@H]1OP(=O)(O)OC. The van der Waals surface area contributed by atoms with Crippen molar-refractivity contribution >= 4 is 24.8 Å². The van der Waals surface area contributed by atoms with Crippen LogP contribution in [0.1, 0.15) is 32.4 Å². The molecule has 24 heavy (non-hydrogen) atoms. The number of rotatable bonds is 6. The number of ether oxygens (including phenoxy) is 1. The number of nitrogen functional groups attached to an aromatic ring is 1. The lowest BCUT2D eigenvalue weighted by atomic mass is 10.1. The van der Waals surface area contributed by atoms with Crippen LogP contribution in [0.3, 0.4) is 0 Å². The summed E-state index contributed by atoms with van der Waals surface area (Å²) < 4.78 is 29.2. The summed E-state index contributed by atoms with van der Waals surface area (Å²) in [6.45, 7) is 2.00. The molecule has 0 bridgehead atoms. The number of nitrogens with zero attached hydrogens (tertiary/aromatic N) is 4. The molecule has 132 valence electrons. The van der Waals surface area contributed by atoms with Crippen molar-refractivity contribution in [3.63, 3.8) is 0 Å². The van der Waals surface area contributed by atoms with Gasteiger partial charge in [0, 0.05) is 13.5 Å². The van der Waals surface area contributed by atoms with Crippen LogP contribution in [0.25, 0.3) is 11.2 Å². The topological polar surface area (TPSA) is 135 Å². The number of fused-ring (bicyclic) bond motifs is 1. The first-order valence-corrected chi connectivity index (χ1v) is 9.10. The summed E-state index contributed by atoms with van der Waals surface area (Å²) in [4.78, 5) is 21.9. The number of phosphoric ester groups is 1. The van der Waals surface area contributed by atoms with Gasteiger partial charge in [-0.25, -0.2) is 19.5 Å². The predicted molar refractivity (Wildman–Crippen MR) is 84.9 cm³/mol. The van der Waals surface area contributed by atoms with E-state index in [1.807, 2.05) is 6.92 Å². The normalized spacial score (nSPS) is 26.7. The largest absolute Gasteiger partial charge is 0.472 e. The van der Waals surface area contributed by atoms with E-state index in [2.05, 4.69) is 19.5 Å². The smallest absolute Gasteiger partial charge is 0.382 e. The number of hydrogen-bond acceptors (Lipinski definition) is 8. The van der Waals surface area contributed by atoms with Crippen LogP contribution in [0, 0.1) is 0 Å². The molecule has 0 aliphatic carbocycles. The molecule has 10 nitrogen and oxygen atoms in total. The molecule has 11 heteroatoms. The van der Waals surface area contributed by atoms with Crippen LogP contribution in [0.4, 0.5) is 5.82 Å². The highest BCUT2D eigenvalue weighted by molar-refractivity contribution is 7.47. The van der Waals surface area contributed by atoms with Gasteiger partial charge in [0.25, 0.3) is 0 Å². The van der Waals surface area contributed by atoms with Gasteiger partial charge in [0.2, 0.25) is 0 Å². The molecule has 1 fully saturated rings. The van der Waals surface area contributed by atoms with Crippen molar-refractivity contribution in [2.75, 3.05) is 12.8 Å². The van der Waals surface area contributed by atoms with E-state index in [0.29, 0.717) is 24.0 Å². The lowest BCUT2D eigenvalue weighted by Crippen LogP contribution is -2.23. The second-order valence-electron chi connectivity index (χ2n) is 5.53. The van der Waals surface area contributed by atoms with Crippen LogP contribution in [0.5, 0.6) is 0 Å².